The van der Waals surface area contributed by atoms with Crippen molar-refractivity contribution in [2.75, 3.05) is 6.54 Å². The lowest BCUT2D eigenvalue weighted by molar-refractivity contribution is 0.169. The molecule has 1 unspecified atom stereocenters. The second kappa shape index (κ2) is 7.04. The van der Waals surface area contributed by atoms with Crippen LogP contribution in [0.5, 0.6) is 0 Å². The number of nitrogens with one attached hydrogen (secondary N) is 1. The topological polar surface area (TPSA) is 66.4 Å². The quantitative estimate of drug-likeness (QED) is 0.858. The molecule has 0 aliphatic heterocycles. The minimum absolute atomic E-state index is 0.154. The van der Waals surface area contributed by atoms with Gasteiger partial charge in [0.1, 0.15) is 0 Å². The molecular weight excluding hydrogens is 310 g/mol. The van der Waals surface area contributed by atoms with Gasteiger partial charge in [0.05, 0.1) is 11.0 Å². The molecular formula is C15H16ClNO3S. The van der Waals surface area contributed by atoms with Crippen molar-refractivity contribution < 1.29 is 13.5 Å². The zero-order valence-corrected chi connectivity index (χ0v) is 12.8. The first kappa shape index (κ1) is 16.0. The van der Waals surface area contributed by atoms with Crippen LogP contribution in [0, 0.1) is 0 Å². The molecule has 2 N–H and O–H groups in total. The number of aliphatic hydroxyl groups is 1. The van der Waals surface area contributed by atoms with Gasteiger partial charge in [0.2, 0.25) is 10.0 Å². The lowest BCUT2D eigenvalue weighted by atomic mass is 10.1. The van der Waals surface area contributed by atoms with Gasteiger partial charge in [-0.1, -0.05) is 41.9 Å². The minimum atomic E-state index is -3.57. The Labute approximate surface area is 129 Å². The standard InChI is InChI=1S/C15H16ClNO3S/c16-13-6-8-14(9-7-13)21(19,20)17-11-10-15(18)12-4-2-1-3-5-12/h1-9,15,17-18H,10-11H2. The minimum Gasteiger partial charge on any atom is -0.388 e. The number of rotatable bonds is 6. The zero-order chi connectivity index (χ0) is 15.3. The molecule has 0 aliphatic rings. The Morgan fingerprint density at radius 1 is 1.05 bits per heavy atom. The lowest BCUT2D eigenvalue weighted by Crippen LogP contribution is -2.25. The highest BCUT2D eigenvalue weighted by atomic mass is 35.5. The van der Waals surface area contributed by atoms with E-state index in [0.29, 0.717) is 11.4 Å². The molecule has 0 spiro atoms. The van der Waals surface area contributed by atoms with Crippen LogP contribution in [-0.4, -0.2) is 20.1 Å². The maximum absolute atomic E-state index is 12.0. The van der Waals surface area contributed by atoms with Gasteiger partial charge in [0, 0.05) is 11.6 Å². The van der Waals surface area contributed by atoms with Crippen molar-refractivity contribution in [1.82, 2.24) is 4.72 Å². The normalized spacial score (nSPS) is 13.0. The Morgan fingerprint density at radius 2 is 1.67 bits per heavy atom. The van der Waals surface area contributed by atoms with E-state index in [2.05, 4.69) is 4.72 Å². The summed E-state index contributed by atoms with van der Waals surface area (Å²) in [4.78, 5) is 0.154. The number of halogens is 1. The maximum atomic E-state index is 12.0. The number of hydrogen-bond donors (Lipinski definition) is 2. The van der Waals surface area contributed by atoms with Crippen molar-refractivity contribution in [2.24, 2.45) is 0 Å². The highest BCUT2D eigenvalue weighted by Crippen LogP contribution is 2.17. The van der Waals surface area contributed by atoms with Crippen LogP contribution in [0.2, 0.25) is 5.02 Å². The van der Waals surface area contributed by atoms with Crippen molar-refractivity contribution in [3.8, 4) is 0 Å². The molecule has 0 aliphatic carbocycles. The summed E-state index contributed by atoms with van der Waals surface area (Å²) in [5.41, 5.74) is 0.767. The third kappa shape index (κ3) is 4.54. The van der Waals surface area contributed by atoms with Gasteiger partial charge in [-0.05, 0) is 36.2 Å². The molecule has 2 aromatic rings. The van der Waals surface area contributed by atoms with E-state index in [1.165, 1.54) is 24.3 Å². The van der Waals surface area contributed by atoms with Gasteiger partial charge < -0.3 is 5.11 Å². The largest absolute Gasteiger partial charge is 0.388 e. The Kier molecular flexibility index (Phi) is 5.36. The van der Waals surface area contributed by atoms with Crippen LogP contribution in [0.25, 0.3) is 0 Å². The fourth-order valence-corrected chi connectivity index (χ4v) is 3.04. The van der Waals surface area contributed by atoms with Crippen LogP contribution < -0.4 is 4.72 Å². The van der Waals surface area contributed by atoms with Gasteiger partial charge >= 0.3 is 0 Å². The average Bonchev–Trinajstić information content (AvgIpc) is 2.48. The fourth-order valence-electron chi connectivity index (χ4n) is 1.87. The SMILES string of the molecule is O=S(=O)(NCCC(O)c1ccccc1)c1ccc(Cl)cc1. The lowest BCUT2D eigenvalue weighted by Gasteiger charge is -2.12. The molecule has 0 bridgehead atoms. The molecule has 1 atom stereocenters. The zero-order valence-electron chi connectivity index (χ0n) is 11.2. The smallest absolute Gasteiger partial charge is 0.240 e. The summed E-state index contributed by atoms with van der Waals surface area (Å²) in [6, 6.07) is 15.1. The van der Waals surface area contributed by atoms with Crippen molar-refractivity contribution in [2.45, 2.75) is 17.4 Å². The molecule has 2 rings (SSSR count). The highest BCUT2D eigenvalue weighted by Gasteiger charge is 2.14. The van der Waals surface area contributed by atoms with Crippen molar-refractivity contribution in [3.63, 3.8) is 0 Å². The summed E-state index contributed by atoms with van der Waals surface area (Å²) in [6.07, 6.45) is -0.393. The summed E-state index contributed by atoms with van der Waals surface area (Å²) < 4.78 is 26.5. The summed E-state index contributed by atoms with van der Waals surface area (Å²) in [5.74, 6) is 0. The molecule has 21 heavy (non-hydrogen) atoms. The summed E-state index contributed by atoms with van der Waals surface area (Å²) >= 11 is 5.73. The van der Waals surface area contributed by atoms with Crippen molar-refractivity contribution in [1.29, 1.82) is 0 Å². The molecule has 0 radical (unpaired) electrons. The van der Waals surface area contributed by atoms with Crippen LogP contribution in [0.15, 0.2) is 59.5 Å². The molecule has 2 aromatic carbocycles. The Balaban J connectivity index is 1.92. The van der Waals surface area contributed by atoms with Crippen molar-refractivity contribution in [3.05, 3.63) is 65.2 Å². The third-order valence-corrected chi connectivity index (χ3v) is 4.75. The van der Waals surface area contributed by atoms with Crippen LogP contribution >= 0.6 is 11.6 Å². The van der Waals surface area contributed by atoms with E-state index >= 15 is 0 Å². The molecule has 0 saturated carbocycles. The first-order chi connectivity index (χ1) is 9.99. The summed E-state index contributed by atoms with van der Waals surface area (Å²) in [6.45, 7) is 0.154. The van der Waals surface area contributed by atoms with E-state index in [1.807, 2.05) is 18.2 Å². The van der Waals surface area contributed by atoms with Gasteiger partial charge in [0.15, 0.2) is 0 Å². The number of hydrogen-bond acceptors (Lipinski definition) is 3. The third-order valence-electron chi connectivity index (χ3n) is 3.02. The predicted molar refractivity (Wildman–Crippen MR) is 82.7 cm³/mol. The second-order valence-corrected chi connectivity index (χ2v) is 6.77. The van der Waals surface area contributed by atoms with Gasteiger partial charge in [-0.15, -0.1) is 0 Å². The van der Waals surface area contributed by atoms with Gasteiger partial charge in [-0.2, -0.15) is 0 Å². The van der Waals surface area contributed by atoms with Gasteiger partial charge in [0.25, 0.3) is 0 Å². The number of benzene rings is 2. The maximum Gasteiger partial charge on any atom is 0.240 e. The molecule has 4 nitrogen and oxygen atoms in total. The molecule has 0 amide bonds. The fraction of sp³-hybridized carbons (Fsp3) is 0.200. The van der Waals surface area contributed by atoms with Crippen LogP contribution in [0.4, 0.5) is 0 Å². The van der Waals surface area contributed by atoms with E-state index in [0.717, 1.165) is 5.56 Å². The van der Waals surface area contributed by atoms with Crippen molar-refractivity contribution >= 4 is 21.6 Å². The average molecular weight is 326 g/mol. The van der Waals surface area contributed by atoms with Crippen LogP contribution in [0.3, 0.4) is 0 Å². The van der Waals surface area contributed by atoms with E-state index in [-0.39, 0.29) is 11.4 Å². The highest BCUT2D eigenvalue weighted by molar-refractivity contribution is 7.89. The monoisotopic (exact) mass is 325 g/mol. The van der Waals surface area contributed by atoms with Gasteiger partial charge in [-0.3, -0.25) is 0 Å². The Hall–Kier alpha value is -1.40. The van der Waals surface area contributed by atoms with Crippen LogP contribution in [-0.2, 0) is 10.0 Å². The van der Waals surface area contributed by atoms with E-state index in [4.69, 9.17) is 11.6 Å². The van der Waals surface area contributed by atoms with Crippen LogP contribution in [0.1, 0.15) is 18.1 Å². The molecule has 0 fully saturated rings. The molecule has 0 heterocycles. The predicted octanol–water partition coefficient (Wildman–Crippen LogP) is 2.74. The van der Waals surface area contributed by atoms with E-state index in [1.54, 1.807) is 12.1 Å². The molecule has 0 aromatic heterocycles. The first-order valence-electron chi connectivity index (χ1n) is 6.47. The molecule has 6 heteroatoms. The van der Waals surface area contributed by atoms with Gasteiger partial charge in [-0.25, -0.2) is 13.1 Å². The summed E-state index contributed by atoms with van der Waals surface area (Å²) in [7, 11) is -3.57. The van der Waals surface area contributed by atoms with E-state index in [9.17, 15) is 13.5 Å². The first-order valence-corrected chi connectivity index (χ1v) is 8.33. The Bertz CT molecular complexity index is 672. The second-order valence-electron chi connectivity index (χ2n) is 4.57. The molecule has 0 saturated heterocycles. The number of sulfonamides is 1. The Morgan fingerprint density at radius 3 is 2.29 bits per heavy atom. The summed E-state index contributed by atoms with van der Waals surface area (Å²) in [5, 5.41) is 10.5. The molecule has 112 valence electrons. The van der Waals surface area contributed by atoms with E-state index < -0.39 is 16.1 Å². The number of aliphatic hydroxyl groups excluding tert-OH is 1.